The van der Waals surface area contributed by atoms with E-state index in [4.69, 9.17) is 0 Å². The zero-order valence-corrected chi connectivity index (χ0v) is 18.9. The molecular formula is C20H25F3IN5O. The molecule has 164 valence electrons. The number of nitrogens with zero attached hydrogens (tertiary/aromatic N) is 3. The van der Waals surface area contributed by atoms with E-state index in [1.165, 1.54) is 18.0 Å². The Morgan fingerprint density at radius 1 is 1.23 bits per heavy atom. The molecule has 1 aliphatic heterocycles. The highest BCUT2D eigenvalue weighted by Crippen LogP contribution is 2.20. The van der Waals surface area contributed by atoms with Crippen LogP contribution in [0.5, 0.6) is 5.88 Å². The lowest BCUT2D eigenvalue weighted by molar-refractivity contribution is -0.154. The monoisotopic (exact) mass is 535 g/mol. The van der Waals surface area contributed by atoms with Crippen molar-refractivity contribution in [1.29, 1.82) is 0 Å². The second-order valence-corrected chi connectivity index (χ2v) is 6.75. The molecule has 3 rings (SSSR count). The predicted octanol–water partition coefficient (Wildman–Crippen LogP) is 3.58. The fraction of sp³-hybridized carbons (Fsp3) is 0.400. The van der Waals surface area contributed by atoms with Gasteiger partial charge >= 0.3 is 6.18 Å². The van der Waals surface area contributed by atoms with Crippen molar-refractivity contribution in [3.05, 3.63) is 54.2 Å². The quantitative estimate of drug-likeness (QED) is 0.337. The van der Waals surface area contributed by atoms with Gasteiger partial charge in [-0.05, 0) is 24.1 Å². The Bertz CT molecular complexity index is 802. The van der Waals surface area contributed by atoms with Crippen LogP contribution in [0.3, 0.4) is 0 Å². The number of ether oxygens (including phenoxy) is 1. The molecular weight excluding hydrogens is 510 g/mol. The summed E-state index contributed by atoms with van der Waals surface area (Å²) >= 11 is 0. The Kier molecular flexibility index (Phi) is 9.00. The summed E-state index contributed by atoms with van der Waals surface area (Å²) in [6, 6.07) is 13.6. The van der Waals surface area contributed by atoms with Crippen LogP contribution in [0.4, 0.5) is 18.9 Å². The number of benzene rings is 1. The molecule has 0 radical (unpaired) electrons. The highest BCUT2D eigenvalue weighted by atomic mass is 127. The predicted molar refractivity (Wildman–Crippen MR) is 122 cm³/mol. The first-order valence-electron chi connectivity index (χ1n) is 9.34. The number of para-hydroxylation sites is 1. The minimum Gasteiger partial charge on any atom is -0.468 e. The molecule has 2 N–H and O–H groups in total. The van der Waals surface area contributed by atoms with Crippen molar-refractivity contribution in [3.8, 4) is 5.88 Å². The van der Waals surface area contributed by atoms with Crippen LogP contribution in [-0.2, 0) is 6.54 Å². The molecule has 6 nitrogen and oxygen atoms in total. The van der Waals surface area contributed by atoms with Crippen molar-refractivity contribution in [2.45, 2.75) is 25.2 Å². The zero-order valence-electron chi connectivity index (χ0n) is 16.5. The molecule has 1 fully saturated rings. The average Bonchev–Trinajstić information content (AvgIpc) is 3.19. The summed E-state index contributed by atoms with van der Waals surface area (Å²) in [5, 5.41) is 6.61. The molecule has 1 unspecified atom stereocenters. The van der Waals surface area contributed by atoms with Crippen molar-refractivity contribution in [2.75, 3.05) is 31.6 Å². The third-order valence-electron chi connectivity index (χ3n) is 4.52. The SMILES string of the molecule is CN=C(NCc1ccc(OCC(F)(F)F)nc1)NC1CCN(c2ccccc2)C1.I. The Labute approximate surface area is 190 Å². The Morgan fingerprint density at radius 2 is 2.00 bits per heavy atom. The summed E-state index contributed by atoms with van der Waals surface area (Å²) < 4.78 is 41.1. The second kappa shape index (κ2) is 11.2. The van der Waals surface area contributed by atoms with Crippen LogP contribution in [0.1, 0.15) is 12.0 Å². The number of aliphatic imine (C=N–C) groups is 1. The van der Waals surface area contributed by atoms with Gasteiger partial charge in [0, 0.05) is 50.7 Å². The topological polar surface area (TPSA) is 61.8 Å². The number of hydrogen-bond acceptors (Lipinski definition) is 4. The number of pyridine rings is 1. The summed E-state index contributed by atoms with van der Waals surface area (Å²) in [5.74, 6) is 0.614. The van der Waals surface area contributed by atoms with Gasteiger partial charge < -0.3 is 20.3 Å². The van der Waals surface area contributed by atoms with Crippen LogP contribution in [0.15, 0.2) is 53.7 Å². The molecule has 1 saturated heterocycles. The molecule has 1 atom stereocenters. The summed E-state index contributed by atoms with van der Waals surface area (Å²) in [6.07, 6.45) is -1.89. The van der Waals surface area contributed by atoms with E-state index in [-0.39, 0.29) is 35.9 Å². The van der Waals surface area contributed by atoms with Gasteiger partial charge in [-0.15, -0.1) is 24.0 Å². The summed E-state index contributed by atoms with van der Waals surface area (Å²) in [7, 11) is 1.70. The van der Waals surface area contributed by atoms with Crippen molar-refractivity contribution < 1.29 is 17.9 Å². The average molecular weight is 535 g/mol. The van der Waals surface area contributed by atoms with E-state index in [2.05, 4.69) is 42.4 Å². The molecule has 10 heteroatoms. The van der Waals surface area contributed by atoms with E-state index < -0.39 is 12.8 Å². The summed E-state index contributed by atoms with van der Waals surface area (Å²) in [4.78, 5) is 10.5. The largest absolute Gasteiger partial charge is 0.468 e. The number of aromatic nitrogens is 1. The van der Waals surface area contributed by atoms with Crippen molar-refractivity contribution >= 4 is 35.6 Å². The number of alkyl halides is 3. The Hall–Kier alpha value is -2.24. The molecule has 0 bridgehead atoms. The van der Waals surface area contributed by atoms with Gasteiger partial charge in [0.15, 0.2) is 12.6 Å². The first kappa shape index (κ1) is 24.0. The summed E-state index contributed by atoms with van der Waals surface area (Å²) in [6.45, 7) is 0.955. The third-order valence-corrected chi connectivity index (χ3v) is 4.52. The Morgan fingerprint density at radius 3 is 2.63 bits per heavy atom. The zero-order chi connectivity index (χ0) is 20.7. The fourth-order valence-electron chi connectivity index (χ4n) is 3.08. The minimum absolute atomic E-state index is 0. The normalized spacial score (nSPS) is 16.7. The van der Waals surface area contributed by atoms with Crippen molar-refractivity contribution in [1.82, 2.24) is 15.6 Å². The lowest BCUT2D eigenvalue weighted by Gasteiger charge is -2.20. The molecule has 0 spiro atoms. The second-order valence-electron chi connectivity index (χ2n) is 6.75. The van der Waals surface area contributed by atoms with Gasteiger partial charge in [0.05, 0.1) is 0 Å². The van der Waals surface area contributed by atoms with Crippen LogP contribution >= 0.6 is 24.0 Å². The molecule has 1 aliphatic rings. The van der Waals surface area contributed by atoms with E-state index in [0.717, 1.165) is 25.1 Å². The maximum absolute atomic E-state index is 12.2. The maximum atomic E-state index is 12.2. The van der Waals surface area contributed by atoms with Gasteiger partial charge in [-0.25, -0.2) is 4.98 Å². The van der Waals surface area contributed by atoms with Crippen LogP contribution in [0, 0.1) is 0 Å². The number of guanidine groups is 1. The lowest BCUT2D eigenvalue weighted by atomic mass is 10.2. The molecule has 2 aromatic rings. The third kappa shape index (κ3) is 7.54. The number of nitrogens with one attached hydrogen (secondary N) is 2. The fourth-order valence-corrected chi connectivity index (χ4v) is 3.08. The van der Waals surface area contributed by atoms with Crippen LogP contribution in [0.25, 0.3) is 0 Å². The maximum Gasteiger partial charge on any atom is 0.422 e. The molecule has 0 amide bonds. The standard InChI is InChI=1S/C20H24F3N5O.HI/c1-24-19(27-16-9-10-28(13-16)17-5-3-2-4-6-17)26-12-15-7-8-18(25-11-15)29-14-20(21,22)23;/h2-8,11,16H,9-10,12-14H2,1H3,(H2,24,26,27);1H. The van der Waals surface area contributed by atoms with E-state index >= 15 is 0 Å². The number of halogens is 4. The minimum atomic E-state index is -4.38. The highest BCUT2D eigenvalue weighted by Gasteiger charge is 2.28. The lowest BCUT2D eigenvalue weighted by Crippen LogP contribution is -2.44. The smallest absolute Gasteiger partial charge is 0.422 e. The highest BCUT2D eigenvalue weighted by molar-refractivity contribution is 14.0. The number of anilines is 1. The van der Waals surface area contributed by atoms with Crippen molar-refractivity contribution in [3.63, 3.8) is 0 Å². The number of hydrogen-bond donors (Lipinski definition) is 2. The molecule has 1 aromatic heterocycles. The Balaban J connectivity index is 0.00000320. The van der Waals surface area contributed by atoms with Gasteiger partial charge in [-0.3, -0.25) is 4.99 Å². The molecule has 0 aliphatic carbocycles. The van der Waals surface area contributed by atoms with Crippen LogP contribution in [-0.4, -0.2) is 49.9 Å². The van der Waals surface area contributed by atoms with Gasteiger partial charge in [0.1, 0.15) is 0 Å². The van der Waals surface area contributed by atoms with Gasteiger partial charge in [-0.1, -0.05) is 24.3 Å². The molecule has 1 aromatic carbocycles. The summed E-state index contributed by atoms with van der Waals surface area (Å²) in [5.41, 5.74) is 2.02. The van der Waals surface area contributed by atoms with E-state index in [1.807, 2.05) is 18.2 Å². The van der Waals surface area contributed by atoms with Crippen LogP contribution in [0.2, 0.25) is 0 Å². The van der Waals surface area contributed by atoms with Gasteiger partial charge in [0.25, 0.3) is 0 Å². The number of rotatable bonds is 6. The molecule has 2 heterocycles. The van der Waals surface area contributed by atoms with E-state index in [0.29, 0.717) is 12.5 Å². The van der Waals surface area contributed by atoms with Gasteiger partial charge in [-0.2, -0.15) is 13.2 Å². The first-order chi connectivity index (χ1) is 13.9. The van der Waals surface area contributed by atoms with E-state index in [9.17, 15) is 13.2 Å². The first-order valence-corrected chi connectivity index (χ1v) is 9.34. The van der Waals surface area contributed by atoms with Gasteiger partial charge in [0.2, 0.25) is 5.88 Å². The molecule has 0 saturated carbocycles. The van der Waals surface area contributed by atoms with Crippen LogP contribution < -0.4 is 20.3 Å². The molecule has 30 heavy (non-hydrogen) atoms. The van der Waals surface area contributed by atoms with Crippen molar-refractivity contribution in [2.24, 2.45) is 4.99 Å². The van der Waals surface area contributed by atoms with E-state index in [1.54, 1.807) is 13.1 Å².